The van der Waals surface area contributed by atoms with Gasteiger partial charge < -0.3 is 0 Å². The molecule has 1 heterocycles. The normalized spacial score (nSPS) is 27.8. The van der Waals surface area contributed by atoms with Gasteiger partial charge in [0.25, 0.3) is 0 Å². The van der Waals surface area contributed by atoms with Crippen molar-refractivity contribution in [2.45, 2.75) is 39.5 Å². The Labute approximate surface area is 105 Å². The van der Waals surface area contributed by atoms with E-state index < -0.39 is 9.84 Å². The first-order chi connectivity index (χ1) is 7.48. The topological polar surface area (TPSA) is 34.1 Å². The summed E-state index contributed by atoms with van der Waals surface area (Å²) in [5.41, 5.74) is 0. The summed E-state index contributed by atoms with van der Waals surface area (Å²) in [6, 6.07) is 0. The maximum Gasteiger partial charge on any atom is 0.150 e. The molecule has 0 radical (unpaired) electrons. The highest BCUT2D eigenvalue weighted by Gasteiger charge is 2.33. The number of hydrogen-bond donors (Lipinski definition) is 0. The third-order valence-electron chi connectivity index (χ3n) is 3.62. The molecule has 0 aromatic rings. The van der Waals surface area contributed by atoms with Crippen LogP contribution in [-0.2, 0) is 9.84 Å². The summed E-state index contributed by atoms with van der Waals surface area (Å²) >= 11 is 5.99. The standard InChI is InChI=1S/C12H23ClO2S/c1-3-4-10(2)7-12(8-13)11-5-6-16(14,15)9-11/h10-12H,3-9H2,1-2H3. The molecular formula is C12H23ClO2S. The molecule has 1 aliphatic rings. The molecule has 0 aromatic carbocycles. The maximum atomic E-state index is 11.4. The fraction of sp³-hybridized carbons (Fsp3) is 1.00. The van der Waals surface area contributed by atoms with Gasteiger partial charge in [-0.1, -0.05) is 26.7 Å². The Hall–Kier alpha value is 0.240. The second-order valence-electron chi connectivity index (χ2n) is 5.21. The third kappa shape index (κ3) is 4.25. The Kier molecular flexibility index (Phi) is 5.58. The van der Waals surface area contributed by atoms with Crippen LogP contribution in [0.3, 0.4) is 0 Å². The van der Waals surface area contributed by atoms with Crippen molar-refractivity contribution >= 4 is 21.4 Å². The second kappa shape index (κ2) is 6.25. The number of hydrogen-bond acceptors (Lipinski definition) is 2. The SMILES string of the molecule is CCCC(C)CC(CCl)C1CCS(=O)(=O)C1. The van der Waals surface area contributed by atoms with Gasteiger partial charge in [0.1, 0.15) is 0 Å². The van der Waals surface area contributed by atoms with Crippen molar-refractivity contribution in [2.24, 2.45) is 17.8 Å². The average molecular weight is 267 g/mol. The van der Waals surface area contributed by atoms with Crippen LogP contribution < -0.4 is 0 Å². The van der Waals surface area contributed by atoms with E-state index in [4.69, 9.17) is 11.6 Å². The lowest BCUT2D eigenvalue weighted by atomic mass is 9.84. The zero-order valence-corrected chi connectivity index (χ0v) is 11.9. The molecule has 0 saturated carbocycles. The van der Waals surface area contributed by atoms with Gasteiger partial charge in [-0.25, -0.2) is 8.42 Å². The predicted molar refractivity (Wildman–Crippen MR) is 69.7 cm³/mol. The van der Waals surface area contributed by atoms with E-state index in [1.807, 2.05) is 0 Å². The summed E-state index contributed by atoms with van der Waals surface area (Å²) in [7, 11) is -2.76. The van der Waals surface area contributed by atoms with Crippen molar-refractivity contribution in [3.63, 3.8) is 0 Å². The average Bonchev–Trinajstić information content (AvgIpc) is 2.55. The Morgan fingerprint density at radius 3 is 2.56 bits per heavy atom. The van der Waals surface area contributed by atoms with E-state index in [0.717, 1.165) is 12.8 Å². The van der Waals surface area contributed by atoms with Crippen LogP contribution in [0, 0.1) is 17.8 Å². The van der Waals surface area contributed by atoms with Gasteiger partial charge in [-0.3, -0.25) is 0 Å². The Bertz CT molecular complexity index is 300. The zero-order chi connectivity index (χ0) is 12.2. The molecule has 16 heavy (non-hydrogen) atoms. The molecule has 1 rings (SSSR count). The van der Waals surface area contributed by atoms with Gasteiger partial charge in [-0.2, -0.15) is 0 Å². The van der Waals surface area contributed by atoms with Gasteiger partial charge in [0.15, 0.2) is 9.84 Å². The van der Waals surface area contributed by atoms with E-state index in [1.165, 1.54) is 12.8 Å². The highest BCUT2D eigenvalue weighted by molar-refractivity contribution is 7.91. The fourth-order valence-corrected chi connectivity index (χ4v) is 5.00. The van der Waals surface area contributed by atoms with Crippen molar-refractivity contribution in [3.05, 3.63) is 0 Å². The molecule has 0 bridgehead atoms. The first kappa shape index (κ1) is 14.3. The summed E-state index contributed by atoms with van der Waals surface area (Å²) in [5, 5.41) is 0. The smallest absolute Gasteiger partial charge is 0.150 e. The van der Waals surface area contributed by atoms with Crippen LogP contribution in [0.5, 0.6) is 0 Å². The number of alkyl halides is 1. The monoisotopic (exact) mass is 266 g/mol. The molecule has 3 unspecified atom stereocenters. The van der Waals surface area contributed by atoms with Crippen LogP contribution in [0.15, 0.2) is 0 Å². The molecule has 0 spiro atoms. The van der Waals surface area contributed by atoms with Crippen molar-refractivity contribution in [1.29, 1.82) is 0 Å². The van der Waals surface area contributed by atoms with Gasteiger partial charge in [-0.15, -0.1) is 11.6 Å². The van der Waals surface area contributed by atoms with Gasteiger partial charge >= 0.3 is 0 Å². The predicted octanol–water partition coefficient (Wildman–Crippen LogP) is 3.10. The minimum absolute atomic E-state index is 0.307. The Balaban J connectivity index is 2.49. The van der Waals surface area contributed by atoms with Gasteiger partial charge in [-0.05, 0) is 30.6 Å². The number of rotatable bonds is 6. The molecule has 1 aliphatic heterocycles. The summed E-state index contributed by atoms with van der Waals surface area (Å²) < 4.78 is 22.9. The van der Waals surface area contributed by atoms with Crippen LogP contribution in [0.1, 0.15) is 39.5 Å². The van der Waals surface area contributed by atoms with E-state index in [2.05, 4.69) is 13.8 Å². The summed E-state index contributed by atoms with van der Waals surface area (Å²) in [6.45, 7) is 4.43. The molecule has 96 valence electrons. The van der Waals surface area contributed by atoms with Crippen LogP contribution in [0.25, 0.3) is 0 Å². The van der Waals surface area contributed by atoms with Crippen LogP contribution in [-0.4, -0.2) is 25.8 Å². The largest absolute Gasteiger partial charge is 0.229 e. The second-order valence-corrected chi connectivity index (χ2v) is 7.74. The van der Waals surface area contributed by atoms with Gasteiger partial charge in [0.05, 0.1) is 11.5 Å². The quantitative estimate of drug-likeness (QED) is 0.693. The van der Waals surface area contributed by atoms with E-state index in [9.17, 15) is 8.42 Å². The van der Waals surface area contributed by atoms with Crippen molar-refractivity contribution in [2.75, 3.05) is 17.4 Å². The molecule has 4 heteroatoms. The van der Waals surface area contributed by atoms with E-state index in [0.29, 0.717) is 35.1 Å². The molecule has 0 aliphatic carbocycles. The molecular weight excluding hydrogens is 244 g/mol. The highest BCUT2D eigenvalue weighted by atomic mass is 35.5. The van der Waals surface area contributed by atoms with Crippen molar-refractivity contribution < 1.29 is 8.42 Å². The first-order valence-electron chi connectivity index (χ1n) is 6.25. The summed E-state index contributed by atoms with van der Waals surface area (Å²) in [4.78, 5) is 0. The van der Waals surface area contributed by atoms with Gasteiger partial charge in [0.2, 0.25) is 0 Å². The molecule has 0 aromatic heterocycles. The lowest BCUT2D eigenvalue weighted by Gasteiger charge is -2.23. The maximum absolute atomic E-state index is 11.4. The van der Waals surface area contributed by atoms with Crippen molar-refractivity contribution in [3.8, 4) is 0 Å². The number of sulfone groups is 1. The lowest BCUT2D eigenvalue weighted by Crippen LogP contribution is -2.20. The van der Waals surface area contributed by atoms with E-state index in [-0.39, 0.29) is 0 Å². The van der Waals surface area contributed by atoms with E-state index >= 15 is 0 Å². The van der Waals surface area contributed by atoms with Crippen LogP contribution >= 0.6 is 11.6 Å². The lowest BCUT2D eigenvalue weighted by molar-refractivity contribution is 0.311. The molecule has 1 fully saturated rings. The van der Waals surface area contributed by atoms with Gasteiger partial charge in [0, 0.05) is 5.88 Å². The minimum atomic E-state index is -2.76. The van der Waals surface area contributed by atoms with E-state index in [1.54, 1.807) is 0 Å². The molecule has 2 nitrogen and oxygen atoms in total. The third-order valence-corrected chi connectivity index (χ3v) is 5.81. The number of halogens is 1. The Morgan fingerprint density at radius 2 is 2.12 bits per heavy atom. The highest BCUT2D eigenvalue weighted by Crippen LogP contribution is 2.32. The minimum Gasteiger partial charge on any atom is -0.229 e. The zero-order valence-electron chi connectivity index (χ0n) is 10.3. The summed E-state index contributed by atoms with van der Waals surface area (Å²) in [6.07, 6.45) is 4.31. The summed E-state index contributed by atoms with van der Waals surface area (Å²) in [5.74, 6) is 2.70. The molecule has 0 amide bonds. The molecule has 0 N–H and O–H groups in total. The first-order valence-corrected chi connectivity index (χ1v) is 8.60. The van der Waals surface area contributed by atoms with Crippen molar-refractivity contribution in [1.82, 2.24) is 0 Å². The molecule has 3 atom stereocenters. The Morgan fingerprint density at radius 1 is 1.44 bits per heavy atom. The van der Waals surface area contributed by atoms with Crippen LogP contribution in [0.4, 0.5) is 0 Å². The van der Waals surface area contributed by atoms with Crippen LogP contribution in [0.2, 0.25) is 0 Å². The fourth-order valence-electron chi connectivity index (χ4n) is 2.70. The molecule has 1 saturated heterocycles.